The van der Waals surface area contributed by atoms with Gasteiger partial charge >= 0.3 is 5.97 Å². The molecular formula is C13H16ClNO3S. The maximum atomic E-state index is 12.3. The first-order valence-electron chi connectivity index (χ1n) is 6.26. The minimum atomic E-state index is -0.804. The van der Waals surface area contributed by atoms with Gasteiger partial charge in [-0.05, 0) is 24.3 Å². The molecule has 1 fully saturated rings. The largest absolute Gasteiger partial charge is 0.481 e. The maximum Gasteiger partial charge on any atom is 0.311 e. The Morgan fingerprint density at radius 3 is 2.84 bits per heavy atom. The molecule has 1 unspecified atom stereocenters. The van der Waals surface area contributed by atoms with E-state index in [0.29, 0.717) is 29.3 Å². The summed E-state index contributed by atoms with van der Waals surface area (Å²) in [6, 6.07) is 1.69. The van der Waals surface area contributed by atoms with Crippen LogP contribution in [0.3, 0.4) is 0 Å². The third-order valence-corrected chi connectivity index (χ3v) is 4.96. The van der Waals surface area contributed by atoms with Crippen molar-refractivity contribution in [2.75, 3.05) is 13.1 Å². The van der Waals surface area contributed by atoms with E-state index in [4.69, 9.17) is 11.6 Å². The van der Waals surface area contributed by atoms with Crippen LogP contribution in [-0.2, 0) is 4.79 Å². The fourth-order valence-corrected chi connectivity index (χ4v) is 3.70. The van der Waals surface area contributed by atoms with Crippen LogP contribution in [0.2, 0.25) is 5.02 Å². The van der Waals surface area contributed by atoms with Gasteiger partial charge in [-0.3, -0.25) is 9.59 Å². The van der Waals surface area contributed by atoms with Crippen molar-refractivity contribution in [3.05, 3.63) is 21.3 Å². The highest BCUT2D eigenvalue weighted by Gasteiger charge is 2.45. The van der Waals surface area contributed by atoms with Crippen LogP contribution >= 0.6 is 22.9 Å². The Labute approximate surface area is 121 Å². The number of nitrogens with zero attached hydrogens (tertiary/aromatic N) is 1. The van der Waals surface area contributed by atoms with Crippen LogP contribution in [0.1, 0.15) is 35.9 Å². The Balaban J connectivity index is 2.15. The van der Waals surface area contributed by atoms with Crippen molar-refractivity contribution >= 4 is 34.8 Å². The summed E-state index contributed by atoms with van der Waals surface area (Å²) in [5.41, 5.74) is -0.784. The molecule has 1 saturated heterocycles. The van der Waals surface area contributed by atoms with Crippen LogP contribution < -0.4 is 0 Å². The van der Waals surface area contributed by atoms with Crippen molar-refractivity contribution in [1.29, 1.82) is 0 Å². The second kappa shape index (κ2) is 5.51. The van der Waals surface area contributed by atoms with Crippen molar-refractivity contribution in [1.82, 2.24) is 4.90 Å². The topological polar surface area (TPSA) is 57.6 Å². The van der Waals surface area contributed by atoms with E-state index < -0.39 is 11.4 Å². The van der Waals surface area contributed by atoms with Crippen molar-refractivity contribution in [3.63, 3.8) is 0 Å². The molecule has 0 aliphatic carbocycles. The van der Waals surface area contributed by atoms with Gasteiger partial charge in [0.25, 0.3) is 5.91 Å². The van der Waals surface area contributed by atoms with Gasteiger partial charge in [0.1, 0.15) is 4.88 Å². The van der Waals surface area contributed by atoms with Gasteiger partial charge < -0.3 is 10.0 Å². The molecule has 19 heavy (non-hydrogen) atoms. The van der Waals surface area contributed by atoms with Gasteiger partial charge in [-0.15, -0.1) is 11.3 Å². The van der Waals surface area contributed by atoms with E-state index in [1.165, 1.54) is 11.3 Å². The number of amides is 1. The molecule has 1 aliphatic rings. The number of carboxylic acids is 1. The summed E-state index contributed by atoms with van der Waals surface area (Å²) in [4.78, 5) is 25.9. The number of carbonyl (C=O) groups excluding carboxylic acids is 1. The third kappa shape index (κ3) is 2.62. The van der Waals surface area contributed by atoms with E-state index in [9.17, 15) is 14.7 Å². The minimum Gasteiger partial charge on any atom is -0.481 e. The van der Waals surface area contributed by atoms with E-state index >= 15 is 0 Å². The average molecular weight is 302 g/mol. The first-order chi connectivity index (χ1) is 9.00. The van der Waals surface area contributed by atoms with Gasteiger partial charge in [-0.2, -0.15) is 0 Å². The smallest absolute Gasteiger partial charge is 0.311 e. The number of aliphatic carboxylic acids is 1. The SMILES string of the molecule is CCCC1(C(=O)O)CCN(C(=O)c2sccc2Cl)C1. The molecule has 0 spiro atoms. The zero-order valence-electron chi connectivity index (χ0n) is 10.7. The second-order valence-corrected chi connectivity index (χ2v) is 6.23. The van der Waals surface area contributed by atoms with Gasteiger partial charge in [-0.1, -0.05) is 24.9 Å². The molecular weight excluding hydrogens is 286 g/mol. The predicted octanol–water partition coefficient (Wildman–Crippen LogP) is 3.12. The molecule has 6 heteroatoms. The van der Waals surface area contributed by atoms with Gasteiger partial charge in [0.05, 0.1) is 10.4 Å². The summed E-state index contributed by atoms with van der Waals surface area (Å²) in [5.74, 6) is -0.957. The highest BCUT2D eigenvalue weighted by atomic mass is 35.5. The van der Waals surface area contributed by atoms with Gasteiger partial charge in [0.15, 0.2) is 0 Å². The maximum absolute atomic E-state index is 12.3. The number of thiophene rings is 1. The molecule has 4 nitrogen and oxygen atoms in total. The Hall–Kier alpha value is -1.07. The van der Waals surface area contributed by atoms with Crippen molar-refractivity contribution in [3.8, 4) is 0 Å². The van der Waals surface area contributed by atoms with Crippen molar-refractivity contribution < 1.29 is 14.7 Å². The molecule has 1 N–H and O–H groups in total. The van der Waals surface area contributed by atoms with Crippen LogP contribution in [0.25, 0.3) is 0 Å². The Kier molecular flexibility index (Phi) is 4.16. The van der Waals surface area contributed by atoms with E-state index in [-0.39, 0.29) is 12.5 Å². The van der Waals surface area contributed by atoms with Crippen LogP contribution in [0.4, 0.5) is 0 Å². The molecule has 1 amide bonds. The average Bonchev–Trinajstić information content (AvgIpc) is 2.96. The second-order valence-electron chi connectivity index (χ2n) is 4.91. The zero-order chi connectivity index (χ0) is 14.0. The highest BCUT2D eigenvalue weighted by molar-refractivity contribution is 7.12. The van der Waals surface area contributed by atoms with Crippen LogP contribution in [0, 0.1) is 5.41 Å². The molecule has 104 valence electrons. The van der Waals surface area contributed by atoms with E-state index in [2.05, 4.69) is 0 Å². The molecule has 0 aromatic carbocycles. The number of hydrogen-bond donors (Lipinski definition) is 1. The fourth-order valence-electron chi connectivity index (χ4n) is 2.60. The summed E-state index contributed by atoms with van der Waals surface area (Å²) in [6.45, 7) is 2.73. The molecule has 0 radical (unpaired) electrons. The van der Waals surface area contributed by atoms with Crippen LogP contribution in [-0.4, -0.2) is 35.0 Å². The van der Waals surface area contributed by atoms with E-state index in [1.54, 1.807) is 16.3 Å². The van der Waals surface area contributed by atoms with Crippen molar-refractivity contribution in [2.24, 2.45) is 5.41 Å². The first-order valence-corrected chi connectivity index (χ1v) is 7.51. The summed E-state index contributed by atoms with van der Waals surface area (Å²) < 4.78 is 0. The number of rotatable bonds is 4. The molecule has 0 saturated carbocycles. The monoisotopic (exact) mass is 301 g/mol. The standard InChI is InChI=1S/C13H16ClNO3S/c1-2-4-13(12(17)18)5-6-15(8-13)11(16)10-9(14)3-7-19-10/h3,7H,2,4-6,8H2,1H3,(H,17,18). The van der Waals surface area contributed by atoms with Crippen molar-refractivity contribution in [2.45, 2.75) is 26.2 Å². The summed E-state index contributed by atoms with van der Waals surface area (Å²) in [6.07, 6.45) is 1.92. The fraction of sp³-hybridized carbons (Fsp3) is 0.538. The zero-order valence-corrected chi connectivity index (χ0v) is 12.3. The van der Waals surface area contributed by atoms with Crippen LogP contribution in [0.5, 0.6) is 0 Å². The molecule has 1 aromatic heterocycles. The molecule has 2 rings (SSSR count). The first kappa shape index (κ1) is 14.3. The Morgan fingerprint density at radius 1 is 1.58 bits per heavy atom. The Bertz CT molecular complexity index is 502. The lowest BCUT2D eigenvalue weighted by molar-refractivity contribution is -0.148. The Morgan fingerprint density at radius 2 is 2.32 bits per heavy atom. The lowest BCUT2D eigenvalue weighted by atomic mass is 9.83. The summed E-state index contributed by atoms with van der Waals surface area (Å²) in [5, 5.41) is 11.6. The molecule has 0 bridgehead atoms. The van der Waals surface area contributed by atoms with Gasteiger partial charge in [0, 0.05) is 13.1 Å². The number of carbonyl (C=O) groups is 2. The van der Waals surface area contributed by atoms with Gasteiger partial charge in [0.2, 0.25) is 0 Å². The van der Waals surface area contributed by atoms with E-state index in [1.807, 2.05) is 6.92 Å². The molecule has 1 aliphatic heterocycles. The lowest BCUT2D eigenvalue weighted by Crippen LogP contribution is -2.36. The number of hydrogen-bond acceptors (Lipinski definition) is 3. The molecule has 1 atom stereocenters. The summed E-state index contributed by atoms with van der Waals surface area (Å²) in [7, 11) is 0. The van der Waals surface area contributed by atoms with E-state index in [0.717, 1.165) is 6.42 Å². The van der Waals surface area contributed by atoms with Gasteiger partial charge in [-0.25, -0.2) is 0 Å². The predicted molar refractivity (Wildman–Crippen MR) is 74.8 cm³/mol. The highest BCUT2D eigenvalue weighted by Crippen LogP contribution is 2.37. The molecule has 2 heterocycles. The quantitative estimate of drug-likeness (QED) is 0.929. The summed E-state index contributed by atoms with van der Waals surface area (Å²) >= 11 is 7.25. The number of likely N-dealkylation sites (tertiary alicyclic amines) is 1. The molecule has 1 aromatic rings. The number of carboxylic acid groups (broad SMARTS) is 1. The normalized spacial score (nSPS) is 22.7. The van der Waals surface area contributed by atoms with Crippen LogP contribution in [0.15, 0.2) is 11.4 Å². The lowest BCUT2D eigenvalue weighted by Gasteiger charge is -2.24. The minimum absolute atomic E-state index is 0.153. The number of halogens is 1. The third-order valence-electron chi connectivity index (χ3n) is 3.63.